The molecule has 0 aliphatic heterocycles. The Hall–Kier alpha value is -0.310. The summed E-state index contributed by atoms with van der Waals surface area (Å²) in [6.45, 7) is 0. The van der Waals surface area contributed by atoms with E-state index in [2.05, 4.69) is 0 Å². The summed E-state index contributed by atoms with van der Waals surface area (Å²) in [6.07, 6.45) is 1.83. The monoisotopic (exact) mass is 188 g/mol. The summed E-state index contributed by atoms with van der Waals surface area (Å²) in [4.78, 5) is 10.2. The van der Waals surface area contributed by atoms with Crippen LogP contribution in [0.2, 0.25) is 0 Å². The van der Waals surface area contributed by atoms with Crippen molar-refractivity contribution in [1.82, 2.24) is 0 Å². The molecule has 1 rings (SSSR count). The maximum absolute atomic E-state index is 10.2. The number of rotatable bonds is 4. The first-order valence-electron chi connectivity index (χ1n) is 4.05. The molecule has 0 aliphatic carbocycles. The maximum Gasteiger partial charge on any atom is 1.00 e. The van der Waals surface area contributed by atoms with Gasteiger partial charge < -0.3 is 6.53 Å². The third kappa shape index (κ3) is 5.86. The molecule has 0 unspecified atom stereocenters. The molecule has 0 amide bonds. The van der Waals surface area contributed by atoms with Crippen LogP contribution in [0.4, 0.5) is 0 Å². The van der Waals surface area contributed by atoms with Gasteiger partial charge in [-0.2, -0.15) is 0 Å². The van der Waals surface area contributed by atoms with E-state index in [1.54, 1.807) is 0 Å². The summed E-state index contributed by atoms with van der Waals surface area (Å²) in [7, 11) is 0. The van der Waals surface area contributed by atoms with E-state index >= 15 is 0 Å². The fraction of sp³-hybridized carbons (Fsp3) is 0.300. The zero-order valence-electron chi connectivity index (χ0n) is 8.86. The molecular weight excluding hydrogens is 175 g/mol. The Bertz CT molecular complexity index is 252. The van der Waals surface area contributed by atoms with Crippen molar-refractivity contribution < 1.29 is 40.9 Å². The maximum atomic E-state index is 10.2. The van der Waals surface area contributed by atoms with Crippen molar-refractivity contribution in [1.29, 1.82) is 0 Å². The average Bonchev–Trinajstić information content (AvgIpc) is 2.05. The fourth-order valence-corrected chi connectivity index (χ4v) is 1.09. The van der Waals surface area contributed by atoms with Crippen molar-refractivity contribution in [2.45, 2.75) is 19.3 Å². The standard InChI is InChI=1S/C10H12O2.Na.H/c11-10(12)8-4-7-9-5-2-1-3-6-9;;/h1-3,5-6H,4,7-8H2,(H,11,12);;/q;+1;-1. The van der Waals surface area contributed by atoms with E-state index in [0.717, 1.165) is 12.8 Å². The van der Waals surface area contributed by atoms with Gasteiger partial charge >= 0.3 is 35.5 Å². The molecule has 13 heavy (non-hydrogen) atoms. The van der Waals surface area contributed by atoms with Crippen LogP contribution in [0.5, 0.6) is 0 Å². The van der Waals surface area contributed by atoms with Crippen LogP contribution in [0.15, 0.2) is 30.3 Å². The van der Waals surface area contributed by atoms with Gasteiger partial charge in [0.25, 0.3) is 0 Å². The quantitative estimate of drug-likeness (QED) is 0.629. The number of hydrogen-bond acceptors (Lipinski definition) is 1. The number of aliphatic carboxylic acids is 1. The smallest absolute Gasteiger partial charge is 1.00 e. The zero-order chi connectivity index (χ0) is 8.81. The second kappa shape index (κ2) is 7.13. The summed E-state index contributed by atoms with van der Waals surface area (Å²) < 4.78 is 0. The first-order valence-corrected chi connectivity index (χ1v) is 4.05. The molecule has 0 fully saturated rings. The number of hydrogen-bond donors (Lipinski definition) is 1. The van der Waals surface area contributed by atoms with E-state index in [4.69, 9.17) is 5.11 Å². The molecule has 0 bridgehead atoms. The minimum atomic E-state index is -0.717. The van der Waals surface area contributed by atoms with Crippen LogP contribution < -0.4 is 29.6 Å². The fourth-order valence-electron chi connectivity index (χ4n) is 1.09. The molecular formula is C10H13NaO2. The second-order valence-corrected chi connectivity index (χ2v) is 2.73. The summed E-state index contributed by atoms with van der Waals surface area (Å²) in [5.74, 6) is -0.717. The Morgan fingerprint density at radius 1 is 1.31 bits per heavy atom. The minimum Gasteiger partial charge on any atom is -1.00 e. The molecule has 66 valence electrons. The third-order valence-electron chi connectivity index (χ3n) is 1.70. The van der Waals surface area contributed by atoms with E-state index in [1.807, 2.05) is 30.3 Å². The Kier molecular flexibility index (Phi) is 6.96. The van der Waals surface area contributed by atoms with Crippen LogP contribution >= 0.6 is 0 Å². The van der Waals surface area contributed by atoms with Gasteiger partial charge in [0.1, 0.15) is 0 Å². The SMILES string of the molecule is O=C(O)CCCc1ccccc1.[H-].[Na+]. The van der Waals surface area contributed by atoms with Crippen LogP contribution in [0.1, 0.15) is 19.8 Å². The molecule has 0 radical (unpaired) electrons. The predicted molar refractivity (Wildman–Crippen MR) is 48.1 cm³/mol. The summed E-state index contributed by atoms with van der Waals surface area (Å²) >= 11 is 0. The Labute approximate surface area is 102 Å². The van der Waals surface area contributed by atoms with Crippen molar-refractivity contribution in [2.75, 3.05) is 0 Å². The average molecular weight is 188 g/mol. The first-order chi connectivity index (χ1) is 5.79. The van der Waals surface area contributed by atoms with E-state index in [-0.39, 0.29) is 37.4 Å². The van der Waals surface area contributed by atoms with Crippen LogP contribution in [-0.2, 0) is 11.2 Å². The molecule has 0 spiro atoms. The number of carbonyl (C=O) groups is 1. The van der Waals surface area contributed by atoms with Crippen molar-refractivity contribution >= 4 is 5.97 Å². The molecule has 1 aromatic carbocycles. The number of aryl methyl sites for hydroxylation is 1. The molecule has 3 heteroatoms. The summed E-state index contributed by atoms with van der Waals surface area (Å²) in [6, 6.07) is 9.93. The van der Waals surface area contributed by atoms with Crippen molar-refractivity contribution in [2.24, 2.45) is 0 Å². The van der Waals surface area contributed by atoms with Gasteiger partial charge in [-0.05, 0) is 18.4 Å². The van der Waals surface area contributed by atoms with Crippen LogP contribution in [0, 0.1) is 0 Å². The molecule has 0 aromatic heterocycles. The van der Waals surface area contributed by atoms with E-state index < -0.39 is 5.97 Å². The van der Waals surface area contributed by atoms with Crippen molar-refractivity contribution in [3.05, 3.63) is 35.9 Å². The van der Waals surface area contributed by atoms with Gasteiger partial charge in [-0.3, -0.25) is 4.79 Å². The minimum absolute atomic E-state index is 0. The predicted octanol–water partition coefficient (Wildman–Crippen LogP) is -0.790. The molecule has 1 N–H and O–H groups in total. The molecule has 0 aliphatic rings. The van der Waals surface area contributed by atoms with Crippen molar-refractivity contribution in [3.63, 3.8) is 0 Å². The number of carboxylic acids is 1. The van der Waals surface area contributed by atoms with Crippen LogP contribution in [0.3, 0.4) is 0 Å². The summed E-state index contributed by atoms with van der Waals surface area (Å²) in [5.41, 5.74) is 1.21. The molecule has 0 atom stereocenters. The van der Waals surface area contributed by atoms with Crippen molar-refractivity contribution in [3.8, 4) is 0 Å². The topological polar surface area (TPSA) is 37.3 Å². The van der Waals surface area contributed by atoms with Crippen LogP contribution in [0.25, 0.3) is 0 Å². The first kappa shape index (κ1) is 12.7. The second-order valence-electron chi connectivity index (χ2n) is 2.73. The summed E-state index contributed by atoms with van der Waals surface area (Å²) in [5, 5.41) is 8.39. The Morgan fingerprint density at radius 3 is 2.46 bits per heavy atom. The molecule has 0 saturated heterocycles. The van der Waals surface area contributed by atoms with Gasteiger partial charge in [0.15, 0.2) is 0 Å². The van der Waals surface area contributed by atoms with E-state index in [0.29, 0.717) is 0 Å². The van der Waals surface area contributed by atoms with E-state index in [9.17, 15) is 4.79 Å². The van der Waals surface area contributed by atoms with Gasteiger partial charge in [0.2, 0.25) is 0 Å². The normalized spacial score (nSPS) is 8.92. The molecule has 0 heterocycles. The largest absolute Gasteiger partial charge is 1.00 e. The van der Waals surface area contributed by atoms with Crippen LogP contribution in [-0.4, -0.2) is 11.1 Å². The van der Waals surface area contributed by atoms with Gasteiger partial charge in [-0.15, -0.1) is 0 Å². The van der Waals surface area contributed by atoms with E-state index in [1.165, 1.54) is 5.56 Å². The van der Waals surface area contributed by atoms with Gasteiger partial charge in [0, 0.05) is 6.42 Å². The molecule has 1 aromatic rings. The number of benzene rings is 1. The van der Waals surface area contributed by atoms with Gasteiger partial charge in [-0.25, -0.2) is 0 Å². The third-order valence-corrected chi connectivity index (χ3v) is 1.70. The number of carboxylic acid groups (broad SMARTS) is 1. The Morgan fingerprint density at radius 2 is 1.92 bits per heavy atom. The zero-order valence-corrected chi connectivity index (χ0v) is 9.86. The Balaban J connectivity index is 0. The molecule has 0 saturated carbocycles. The van der Waals surface area contributed by atoms with Gasteiger partial charge in [-0.1, -0.05) is 30.3 Å². The van der Waals surface area contributed by atoms with Gasteiger partial charge in [0.05, 0.1) is 0 Å². The molecule has 2 nitrogen and oxygen atoms in total.